The van der Waals surface area contributed by atoms with Crippen LogP contribution in [-0.2, 0) is 0 Å². The summed E-state index contributed by atoms with van der Waals surface area (Å²) in [6, 6.07) is 15.9. The van der Waals surface area contributed by atoms with Crippen molar-refractivity contribution in [1.82, 2.24) is 39.2 Å². The molecule has 0 aromatic rings. The van der Waals surface area contributed by atoms with Crippen LogP contribution in [0.5, 0.6) is 0 Å². The molecule has 99 heavy (non-hydrogen) atoms. The lowest BCUT2D eigenvalue weighted by Gasteiger charge is -2.40. The normalized spacial score (nSPS) is 35.9. The number of rotatable bonds is 16. The summed E-state index contributed by atoms with van der Waals surface area (Å²) in [4.78, 5) is 21.9. The van der Waals surface area contributed by atoms with E-state index in [9.17, 15) is 0 Å². The third-order valence-electron chi connectivity index (χ3n) is 29.6. The van der Waals surface area contributed by atoms with Crippen molar-refractivity contribution in [3.63, 3.8) is 0 Å². The number of fused-ring (bicyclic) bond motifs is 5. The maximum Gasteiger partial charge on any atom is 0.0217 e. The molecule has 3 spiro atoms. The summed E-state index contributed by atoms with van der Waals surface area (Å²) in [6.45, 7) is 80.9. The van der Waals surface area contributed by atoms with Crippen LogP contribution in [0.4, 0.5) is 0 Å². The van der Waals surface area contributed by atoms with Crippen LogP contribution in [0.25, 0.3) is 0 Å². The third-order valence-corrected chi connectivity index (χ3v) is 29.6. The fraction of sp³-hybridized carbons (Fsp3) is 1.00. The lowest BCUT2D eigenvalue weighted by molar-refractivity contribution is 0.0732. The first-order chi connectivity index (χ1) is 46.2. The van der Waals surface area contributed by atoms with Gasteiger partial charge in [0.15, 0.2) is 0 Å². The van der Waals surface area contributed by atoms with Crippen molar-refractivity contribution < 1.29 is 0 Å². The molecule has 0 N–H and O–H groups in total. The van der Waals surface area contributed by atoms with Crippen LogP contribution < -0.4 is 0 Å². The van der Waals surface area contributed by atoms with Crippen molar-refractivity contribution in [2.75, 3.05) is 26.2 Å². The molecule has 8 nitrogen and oxygen atoms in total. The fourth-order valence-corrected chi connectivity index (χ4v) is 24.6. The van der Waals surface area contributed by atoms with E-state index in [1.807, 2.05) is 0 Å². The van der Waals surface area contributed by atoms with Gasteiger partial charge in [0.05, 0.1) is 0 Å². The van der Waals surface area contributed by atoms with E-state index in [4.69, 9.17) is 0 Å². The Balaban J connectivity index is 0.000000144. The zero-order valence-corrected chi connectivity index (χ0v) is 72.5. The molecule has 580 valence electrons. The molecule has 4 bridgehead atoms. The van der Waals surface area contributed by atoms with Crippen molar-refractivity contribution in [1.29, 1.82) is 0 Å². The van der Waals surface area contributed by atoms with E-state index in [1.165, 1.54) is 155 Å². The van der Waals surface area contributed by atoms with Gasteiger partial charge in [-0.3, -0.25) is 39.2 Å². The largest absolute Gasteiger partial charge is 0.298 e. The van der Waals surface area contributed by atoms with Gasteiger partial charge in [0.2, 0.25) is 0 Å². The molecule has 16 fully saturated rings. The van der Waals surface area contributed by atoms with Crippen LogP contribution in [-0.4, -0.2) is 186 Å². The molecule has 16 rings (SSSR count). The molecule has 7 aliphatic carbocycles. The number of likely N-dealkylation sites (tertiary alicyclic amines) is 7. The van der Waals surface area contributed by atoms with Gasteiger partial charge < -0.3 is 0 Å². The van der Waals surface area contributed by atoms with Gasteiger partial charge in [0, 0.05) is 133 Å². The molecule has 9 heterocycles. The predicted molar refractivity (Wildman–Crippen MR) is 433 cm³/mol. The first-order valence-electron chi connectivity index (χ1n) is 44.4. The van der Waals surface area contributed by atoms with Crippen LogP contribution in [0, 0.1) is 87.8 Å². The highest BCUT2D eigenvalue weighted by atomic mass is 15.3. The Hall–Kier alpha value is -0.320. The van der Waals surface area contributed by atoms with E-state index in [0.29, 0.717) is 5.54 Å². The van der Waals surface area contributed by atoms with E-state index in [-0.39, 0.29) is 0 Å². The van der Waals surface area contributed by atoms with E-state index >= 15 is 0 Å². The molecule has 8 heteroatoms. The highest BCUT2D eigenvalue weighted by molar-refractivity contribution is 5.14. The van der Waals surface area contributed by atoms with Crippen LogP contribution in [0.2, 0.25) is 0 Å². The second kappa shape index (κ2) is 34.9. The fourth-order valence-electron chi connectivity index (χ4n) is 24.6. The molecule has 0 radical (unpaired) electrons. The van der Waals surface area contributed by atoms with Crippen LogP contribution in [0.15, 0.2) is 0 Å². The SMILES string of the molecule is CC(C)C1C2CC(C2)N1C(C)C.CC(C)C1C2CC2CN1C(C)C.CC(C)C1C2CCC(C2)N1C(C)C.CC(C)C1CC2(CC2)CN1C(C)C.CC(C)C1CC2CC2N1C(C)C.CC(C)C1CCC2(CC2)N1C(C)C.CC(C)C1CCCN1C(C)C.CC(C)C1N(C(C)C)CCC12CC2. The zero-order chi connectivity index (χ0) is 73.6. The van der Waals surface area contributed by atoms with Crippen molar-refractivity contribution in [2.45, 2.75) is 470 Å². The second-order valence-electron chi connectivity index (χ2n) is 42.3. The molecule has 0 amide bonds. The molecule has 9 saturated heterocycles. The lowest BCUT2D eigenvalue weighted by Crippen LogP contribution is -2.47. The third kappa shape index (κ3) is 20.0. The summed E-state index contributed by atoms with van der Waals surface area (Å²) >= 11 is 0. The topological polar surface area (TPSA) is 25.9 Å². The highest BCUT2D eigenvalue weighted by Gasteiger charge is 2.59. The number of piperidine rings is 3. The average Bonchev–Trinajstić information content (AvgIpc) is 1.61. The van der Waals surface area contributed by atoms with E-state index in [0.717, 1.165) is 203 Å². The summed E-state index contributed by atoms with van der Waals surface area (Å²) in [7, 11) is 0. The smallest absolute Gasteiger partial charge is 0.0217 e. The number of hydrogen-bond donors (Lipinski definition) is 0. The quantitative estimate of drug-likeness (QED) is 0.151. The minimum absolute atomic E-state index is 0.670. The Labute approximate surface area is 620 Å². The monoisotopic (exact) mass is 1380 g/mol. The maximum atomic E-state index is 2.82. The molecule has 16 aliphatic rings. The van der Waals surface area contributed by atoms with Crippen molar-refractivity contribution in [3.05, 3.63) is 0 Å². The molecule has 9 aliphatic heterocycles. The van der Waals surface area contributed by atoms with E-state index in [1.54, 1.807) is 0 Å². The first-order valence-corrected chi connectivity index (χ1v) is 44.4. The zero-order valence-electron chi connectivity index (χ0n) is 72.5. The number of hydrogen-bond acceptors (Lipinski definition) is 8. The molecule has 14 atom stereocenters. The first kappa shape index (κ1) is 84.3. The molecule has 0 aromatic carbocycles. The standard InChI is InChI=1S/4C12H23N.3C11H21N.C10H21N/c1-9(2)11-7-12(5-6-12)8-13(11)10(3)4;1-9(2)11-12(5-6-12)7-8-13(11)10(3)4;1-9(2)11-5-6-12(7-8-12)13(11)10(3)4;1-8(2)12-10-5-6-11(7-10)13(12)9(3)4;1-7(2)11-10-5-9(10)6-12(11)8(3)4;1-7(2)10-5-9-6-11(9)12(10)8(3)4;1-7(2)11-9-5-10(6-9)12(11)8(3)4;1-8(2)10-6-5-7-11(10)9(3)4/h3*9-11H,5-8H2,1-4H3;8-12H,5-7H2,1-4H3;3*7-11H,5-6H2,1-4H3;8-10H,5-7H2,1-4H3. The van der Waals surface area contributed by atoms with Gasteiger partial charge in [-0.25, -0.2) is 0 Å². The summed E-state index contributed by atoms with van der Waals surface area (Å²) in [5.41, 5.74) is 2.21. The van der Waals surface area contributed by atoms with Gasteiger partial charge in [-0.2, -0.15) is 0 Å². The summed E-state index contributed by atoms with van der Waals surface area (Å²) in [5, 5.41) is 0. The van der Waals surface area contributed by atoms with Crippen molar-refractivity contribution in [3.8, 4) is 0 Å². The van der Waals surface area contributed by atoms with Gasteiger partial charge >= 0.3 is 0 Å². The van der Waals surface area contributed by atoms with E-state index in [2.05, 4.69) is 261 Å². The van der Waals surface area contributed by atoms with Crippen LogP contribution in [0.1, 0.15) is 350 Å². The Morgan fingerprint density at radius 2 is 0.808 bits per heavy atom. The van der Waals surface area contributed by atoms with Crippen LogP contribution in [0.3, 0.4) is 0 Å². The molecular weight excluding hydrogens is 1210 g/mol. The molecular formula is C91H176N8. The Morgan fingerprint density at radius 1 is 0.303 bits per heavy atom. The van der Waals surface area contributed by atoms with E-state index < -0.39 is 0 Å². The number of nitrogens with zero attached hydrogens (tertiary/aromatic N) is 8. The summed E-state index contributed by atoms with van der Waals surface area (Å²) < 4.78 is 0. The molecule has 14 unspecified atom stereocenters. The summed E-state index contributed by atoms with van der Waals surface area (Å²) in [5.74, 6) is 12.0. The maximum absolute atomic E-state index is 2.82. The second-order valence-corrected chi connectivity index (χ2v) is 42.3. The molecule has 0 aromatic heterocycles. The van der Waals surface area contributed by atoms with Gasteiger partial charge in [0.25, 0.3) is 0 Å². The molecule has 7 saturated carbocycles. The lowest BCUT2D eigenvalue weighted by atomic mass is 9.80. The minimum atomic E-state index is 0.670. The Kier molecular flexibility index (Phi) is 29.7. The minimum Gasteiger partial charge on any atom is -0.298 e. The van der Waals surface area contributed by atoms with Crippen LogP contribution >= 0.6 is 0 Å². The highest BCUT2D eigenvalue weighted by Crippen LogP contribution is 2.60. The Bertz CT molecular complexity index is 2180. The summed E-state index contributed by atoms with van der Waals surface area (Å²) in [6.07, 6.45) is 29.5. The predicted octanol–water partition coefficient (Wildman–Crippen LogP) is 21.7. The van der Waals surface area contributed by atoms with Crippen molar-refractivity contribution in [2.24, 2.45) is 87.8 Å². The Morgan fingerprint density at radius 3 is 1.19 bits per heavy atom. The van der Waals surface area contributed by atoms with Gasteiger partial charge in [-0.15, -0.1) is 0 Å². The van der Waals surface area contributed by atoms with Crippen molar-refractivity contribution >= 4 is 0 Å². The van der Waals surface area contributed by atoms with Gasteiger partial charge in [0.1, 0.15) is 0 Å². The van der Waals surface area contributed by atoms with Gasteiger partial charge in [-0.05, 0) is 340 Å². The van der Waals surface area contributed by atoms with Gasteiger partial charge in [-0.1, -0.05) is 111 Å². The average molecular weight is 1380 g/mol.